The third-order valence-electron chi connectivity index (χ3n) is 2.96. The standard InChI is InChI=1S/C16H10N2/c17-11-14-4-1-2-6-15(14)12-7-8-16-13(10-12)5-3-9-18-16/h1-10H. The van der Waals surface area contributed by atoms with E-state index in [4.69, 9.17) is 5.26 Å². The van der Waals surface area contributed by atoms with Gasteiger partial charge in [-0.1, -0.05) is 30.3 Å². The fraction of sp³-hybridized carbons (Fsp3) is 0. The van der Waals surface area contributed by atoms with Crippen molar-refractivity contribution >= 4 is 10.9 Å². The Morgan fingerprint density at radius 3 is 2.72 bits per heavy atom. The van der Waals surface area contributed by atoms with Gasteiger partial charge in [-0.25, -0.2) is 0 Å². The van der Waals surface area contributed by atoms with Crippen LogP contribution < -0.4 is 0 Å². The third-order valence-corrected chi connectivity index (χ3v) is 2.96. The number of hydrogen-bond donors (Lipinski definition) is 0. The molecule has 0 unspecified atom stereocenters. The lowest BCUT2D eigenvalue weighted by Crippen LogP contribution is -1.85. The largest absolute Gasteiger partial charge is 0.256 e. The predicted molar refractivity (Wildman–Crippen MR) is 71.9 cm³/mol. The fourth-order valence-electron chi connectivity index (χ4n) is 2.08. The maximum absolute atomic E-state index is 9.13. The van der Waals surface area contributed by atoms with Crippen LogP contribution in [0.2, 0.25) is 0 Å². The van der Waals surface area contributed by atoms with Gasteiger partial charge in [0.1, 0.15) is 0 Å². The lowest BCUT2D eigenvalue weighted by Gasteiger charge is -2.05. The molecule has 0 radical (unpaired) electrons. The van der Waals surface area contributed by atoms with Gasteiger partial charge in [-0.2, -0.15) is 5.26 Å². The second-order valence-electron chi connectivity index (χ2n) is 4.07. The Labute approximate surface area is 105 Å². The van der Waals surface area contributed by atoms with Crippen LogP contribution in [0.25, 0.3) is 22.0 Å². The van der Waals surface area contributed by atoms with Crippen LogP contribution in [0.1, 0.15) is 5.56 Å². The van der Waals surface area contributed by atoms with E-state index in [-0.39, 0.29) is 0 Å². The molecule has 1 aromatic heterocycles. The summed E-state index contributed by atoms with van der Waals surface area (Å²) in [7, 11) is 0. The number of benzene rings is 2. The monoisotopic (exact) mass is 230 g/mol. The highest BCUT2D eigenvalue weighted by molar-refractivity contribution is 5.85. The lowest BCUT2D eigenvalue weighted by atomic mass is 9.99. The number of hydrogen-bond acceptors (Lipinski definition) is 2. The van der Waals surface area contributed by atoms with E-state index in [1.165, 1.54) is 0 Å². The van der Waals surface area contributed by atoms with Crippen molar-refractivity contribution in [2.45, 2.75) is 0 Å². The van der Waals surface area contributed by atoms with Crippen LogP contribution in [0.4, 0.5) is 0 Å². The van der Waals surface area contributed by atoms with Crippen LogP contribution in [0.15, 0.2) is 60.8 Å². The van der Waals surface area contributed by atoms with Crippen molar-refractivity contribution in [1.82, 2.24) is 4.98 Å². The molecule has 0 fully saturated rings. The molecule has 18 heavy (non-hydrogen) atoms. The first-order valence-corrected chi connectivity index (χ1v) is 5.73. The summed E-state index contributed by atoms with van der Waals surface area (Å²) in [6, 6.07) is 19.9. The molecule has 0 spiro atoms. The number of pyridine rings is 1. The third kappa shape index (κ3) is 1.72. The van der Waals surface area contributed by atoms with E-state index >= 15 is 0 Å². The zero-order chi connectivity index (χ0) is 12.4. The topological polar surface area (TPSA) is 36.7 Å². The molecule has 0 aliphatic rings. The molecule has 84 valence electrons. The Bertz CT molecular complexity index is 754. The molecule has 0 saturated carbocycles. The van der Waals surface area contributed by atoms with E-state index in [9.17, 15) is 0 Å². The molecule has 2 heteroatoms. The fourth-order valence-corrected chi connectivity index (χ4v) is 2.08. The minimum Gasteiger partial charge on any atom is -0.256 e. The summed E-state index contributed by atoms with van der Waals surface area (Å²) < 4.78 is 0. The Balaban J connectivity index is 2.23. The van der Waals surface area contributed by atoms with E-state index < -0.39 is 0 Å². The molecule has 2 aromatic carbocycles. The zero-order valence-electron chi connectivity index (χ0n) is 9.67. The van der Waals surface area contributed by atoms with Gasteiger partial charge in [-0.05, 0) is 35.4 Å². The summed E-state index contributed by atoms with van der Waals surface area (Å²) >= 11 is 0. The van der Waals surface area contributed by atoms with E-state index in [1.54, 1.807) is 6.20 Å². The summed E-state index contributed by atoms with van der Waals surface area (Å²) in [6.07, 6.45) is 1.78. The highest BCUT2D eigenvalue weighted by atomic mass is 14.6. The Kier molecular flexibility index (Phi) is 2.51. The molecule has 0 aliphatic carbocycles. The first-order chi connectivity index (χ1) is 8.88. The molecular weight excluding hydrogens is 220 g/mol. The maximum Gasteiger partial charge on any atom is 0.0998 e. The first-order valence-electron chi connectivity index (χ1n) is 5.73. The van der Waals surface area contributed by atoms with Crippen LogP contribution >= 0.6 is 0 Å². The first kappa shape index (κ1) is 10.5. The normalized spacial score (nSPS) is 10.2. The SMILES string of the molecule is N#Cc1ccccc1-c1ccc2ncccc2c1. The van der Waals surface area contributed by atoms with Gasteiger partial charge in [0.2, 0.25) is 0 Å². The summed E-state index contributed by atoms with van der Waals surface area (Å²) in [5.74, 6) is 0. The average molecular weight is 230 g/mol. The van der Waals surface area contributed by atoms with Crippen molar-refractivity contribution in [2.24, 2.45) is 0 Å². The molecule has 1 heterocycles. The highest BCUT2D eigenvalue weighted by Crippen LogP contribution is 2.26. The molecule has 0 bridgehead atoms. The van der Waals surface area contributed by atoms with E-state index in [1.807, 2.05) is 48.5 Å². The van der Waals surface area contributed by atoms with E-state index in [0.29, 0.717) is 5.56 Å². The van der Waals surface area contributed by atoms with E-state index in [2.05, 4.69) is 17.1 Å². The van der Waals surface area contributed by atoms with Gasteiger partial charge in [0.25, 0.3) is 0 Å². The minimum absolute atomic E-state index is 0.695. The van der Waals surface area contributed by atoms with Crippen LogP contribution in [-0.4, -0.2) is 4.98 Å². The second kappa shape index (κ2) is 4.31. The van der Waals surface area contributed by atoms with Gasteiger partial charge < -0.3 is 0 Å². The minimum atomic E-state index is 0.695. The highest BCUT2D eigenvalue weighted by Gasteiger charge is 2.04. The Morgan fingerprint density at radius 1 is 0.944 bits per heavy atom. The summed E-state index contributed by atoms with van der Waals surface area (Å²) in [5.41, 5.74) is 3.68. The summed E-state index contributed by atoms with van der Waals surface area (Å²) in [4.78, 5) is 4.29. The van der Waals surface area contributed by atoms with Gasteiger partial charge >= 0.3 is 0 Å². The van der Waals surface area contributed by atoms with Crippen LogP contribution in [0.3, 0.4) is 0 Å². The zero-order valence-corrected chi connectivity index (χ0v) is 9.67. The van der Waals surface area contributed by atoms with Crippen LogP contribution in [-0.2, 0) is 0 Å². The van der Waals surface area contributed by atoms with Crippen molar-refractivity contribution < 1.29 is 0 Å². The molecular formula is C16H10N2. The van der Waals surface area contributed by atoms with Gasteiger partial charge in [-0.15, -0.1) is 0 Å². The predicted octanol–water partition coefficient (Wildman–Crippen LogP) is 3.77. The van der Waals surface area contributed by atoms with Crippen LogP contribution in [0, 0.1) is 11.3 Å². The van der Waals surface area contributed by atoms with Gasteiger partial charge in [0.15, 0.2) is 0 Å². The molecule has 0 saturated heterocycles. The number of fused-ring (bicyclic) bond motifs is 1. The van der Waals surface area contributed by atoms with Crippen molar-refractivity contribution in [3.63, 3.8) is 0 Å². The van der Waals surface area contributed by atoms with Crippen LogP contribution in [0.5, 0.6) is 0 Å². The van der Waals surface area contributed by atoms with Gasteiger partial charge in [-0.3, -0.25) is 4.98 Å². The number of nitrogens with zero attached hydrogens (tertiary/aromatic N) is 2. The summed E-state index contributed by atoms with van der Waals surface area (Å²) in [6.45, 7) is 0. The van der Waals surface area contributed by atoms with Crippen molar-refractivity contribution in [1.29, 1.82) is 5.26 Å². The Morgan fingerprint density at radius 2 is 1.83 bits per heavy atom. The lowest BCUT2D eigenvalue weighted by molar-refractivity contribution is 1.41. The number of rotatable bonds is 1. The van der Waals surface area contributed by atoms with Crippen molar-refractivity contribution in [2.75, 3.05) is 0 Å². The number of aromatic nitrogens is 1. The second-order valence-corrected chi connectivity index (χ2v) is 4.07. The molecule has 0 atom stereocenters. The molecule has 3 rings (SSSR count). The van der Waals surface area contributed by atoms with E-state index in [0.717, 1.165) is 22.0 Å². The maximum atomic E-state index is 9.13. The molecule has 3 aromatic rings. The molecule has 2 nitrogen and oxygen atoms in total. The molecule has 0 aliphatic heterocycles. The van der Waals surface area contributed by atoms with Crippen molar-refractivity contribution in [3.05, 3.63) is 66.4 Å². The van der Waals surface area contributed by atoms with Gasteiger partial charge in [0.05, 0.1) is 17.1 Å². The van der Waals surface area contributed by atoms with Crippen molar-refractivity contribution in [3.8, 4) is 17.2 Å². The van der Waals surface area contributed by atoms with Gasteiger partial charge in [0, 0.05) is 11.6 Å². The number of nitriles is 1. The summed E-state index contributed by atoms with van der Waals surface area (Å²) in [5, 5.41) is 10.2. The average Bonchev–Trinajstić information content (AvgIpc) is 2.46. The molecule has 0 N–H and O–H groups in total. The Hall–Kier alpha value is -2.66. The molecule has 0 amide bonds. The quantitative estimate of drug-likeness (QED) is 0.638. The smallest absolute Gasteiger partial charge is 0.0998 e.